The minimum atomic E-state index is -3.83. The van der Waals surface area contributed by atoms with Crippen molar-refractivity contribution in [3.05, 3.63) is 59.9 Å². The average Bonchev–Trinajstić information content (AvgIpc) is 2.64. The van der Waals surface area contributed by atoms with Crippen molar-refractivity contribution >= 4 is 21.6 Å². The predicted molar refractivity (Wildman–Crippen MR) is 99.4 cm³/mol. The highest BCUT2D eigenvalue weighted by atomic mass is 32.2. The Morgan fingerprint density at radius 1 is 0.963 bits per heavy atom. The van der Waals surface area contributed by atoms with Gasteiger partial charge in [0.15, 0.2) is 0 Å². The molecular weight excluding hydrogens is 371 g/mol. The summed E-state index contributed by atoms with van der Waals surface area (Å²) in [4.78, 5) is 12.2. The zero-order valence-corrected chi connectivity index (χ0v) is 15.4. The molecule has 0 unspecified atom stereocenters. The lowest BCUT2D eigenvalue weighted by molar-refractivity contribution is 0.0867. The quantitative estimate of drug-likeness (QED) is 0.729. The van der Waals surface area contributed by atoms with E-state index in [1.807, 2.05) is 0 Å². The number of sulfonamides is 1. The zero-order valence-electron chi connectivity index (χ0n) is 14.6. The summed E-state index contributed by atoms with van der Waals surface area (Å²) >= 11 is 0. The minimum absolute atomic E-state index is 0.0394. The van der Waals surface area contributed by atoms with Gasteiger partial charge in [-0.1, -0.05) is 0 Å². The van der Waals surface area contributed by atoms with Gasteiger partial charge in [0.2, 0.25) is 0 Å². The van der Waals surface area contributed by atoms with Crippen molar-refractivity contribution in [1.29, 1.82) is 0 Å². The van der Waals surface area contributed by atoms with Crippen LogP contribution in [0.5, 0.6) is 0 Å². The molecule has 1 amide bonds. The van der Waals surface area contributed by atoms with Crippen LogP contribution in [0.3, 0.4) is 0 Å². The molecule has 144 valence electrons. The number of nitrogens with one attached hydrogen (secondary N) is 2. The Balaban J connectivity index is 1.63. The molecule has 1 saturated carbocycles. The highest BCUT2D eigenvalue weighted by Crippen LogP contribution is 2.20. The normalized spacial score (nSPS) is 20.1. The second kappa shape index (κ2) is 8.06. The topological polar surface area (TPSA) is 95.5 Å². The number of aliphatic hydroxyl groups excluding tert-OH is 1. The molecule has 6 nitrogen and oxygen atoms in total. The molecule has 2 aromatic carbocycles. The third-order valence-corrected chi connectivity index (χ3v) is 5.95. The van der Waals surface area contributed by atoms with E-state index in [2.05, 4.69) is 10.0 Å². The maximum atomic E-state index is 12.9. The van der Waals surface area contributed by atoms with Crippen LogP contribution in [0, 0.1) is 5.82 Å². The lowest BCUT2D eigenvalue weighted by Crippen LogP contribution is -2.38. The van der Waals surface area contributed by atoms with E-state index < -0.39 is 15.8 Å². The summed E-state index contributed by atoms with van der Waals surface area (Å²) < 4.78 is 39.9. The Hall–Kier alpha value is -2.45. The lowest BCUT2D eigenvalue weighted by atomic mass is 9.93. The van der Waals surface area contributed by atoms with Crippen molar-refractivity contribution in [3.8, 4) is 0 Å². The highest BCUT2D eigenvalue weighted by molar-refractivity contribution is 7.92. The third-order valence-electron chi connectivity index (χ3n) is 4.56. The van der Waals surface area contributed by atoms with Crippen molar-refractivity contribution in [1.82, 2.24) is 5.32 Å². The van der Waals surface area contributed by atoms with Gasteiger partial charge in [0.1, 0.15) is 5.82 Å². The number of anilines is 1. The molecule has 3 N–H and O–H groups in total. The fourth-order valence-corrected chi connectivity index (χ4v) is 4.06. The van der Waals surface area contributed by atoms with E-state index in [-0.39, 0.29) is 22.9 Å². The van der Waals surface area contributed by atoms with Crippen LogP contribution < -0.4 is 10.0 Å². The first-order chi connectivity index (χ1) is 12.8. The molecule has 0 heterocycles. The number of benzene rings is 2. The average molecular weight is 392 g/mol. The highest BCUT2D eigenvalue weighted by Gasteiger charge is 2.21. The van der Waals surface area contributed by atoms with Gasteiger partial charge in [-0.05, 0) is 74.2 Å². The molecule has 8 heteroatoms. The number of carbonyl (C=O) groups excluding carboxylic acids is 1. The van der Waals surface area contributed by atoms with Crippen LogP contribution in [-0.4, -0.2) is 31.6 Å². The molecule has 3 rings (SSSR count). The summed E-state index contributed by atoms with van der Waals surface area (Å²) in [6.07, 6.45) is 2.54. The largest absolute Gasteiger partial charge is 0.393 e. The molecule has 0 saturated heterocycles. The second-order valence-corrected chi connectivity index (χ2v) is 8.30. The Labute approximate surface area is 157 Å². The standard InChI is InChI=1S/C19H21FN2O4S/c20-14-3-11-18(12-4-14)27(25,26)22-16-5-1-13(2-6-16)19(24)21-15-7-9-17(23)10-8-15/h1-6,11-12,15,17,22-23H,7-10H2,(H,21,24). The molecule has 1 fully saturated rings. The molecule has 0 aliphatic heterocycles. The van der Waals surface area contributed by atoms with Crippen LogP contribution in [-0.2, 0) is 10.0 Å². The first kappa shape index (κ1) is 19.3. The van der Waals surface area contributed by atoms with Crippen molar-refractivity contribution in [2.45, 2.75) is 42.7 Å². The zero-order chi connectivity index (χ0) is 19.4. The number of halogens is 1. The van der Waals surface area contributed by atoms with Crippen molar-refractivity contribution in [2.24, 2.45) is 0 Å². The number of carbonyl (C=O) groups is 1. The minimum Gasteiger partial charge on any atom is -0.393 e. The smallest absolute Gasteiger partial charge is 0.261 e. The first-order valence-electron chi connectivity index (χ1n) is 8.71. The molecule has 0 aromatic heterocycles. The van der Waals surface area contributed by atoms with Crippen molar-refractivity contribution < 1.29 is 22.7 Å². The van der Waals surface area contributed by atoms with Gasteiger partial charge in [-0.15, -0.1) is 0 Å². The number of hydrogen-bond acceptors (Lipinski definition) is 4. The first-order valence-corrected chi connectivity index (χ1v) is 10.2. The van der Waals surface area contributed by atoms with Crippen LogP contribution >= 0.6 is 0 Å². The van der Waals surface area contributed by atoms with Crippen LogP contribution in [0.1, 0.15) is 36.0 Å². The van der Waals surface area contributed by atoms with E-state index in [9.17, 15) is 22.7 Å². The Kier molecular flexibility index (Phi) is 5.76. The summed E-state index contributed by atoms with van der Waals surface area (Å²) in [5.74, 6) is -0.749. The lowest BCUT2D eigenvalue weighted by Gasteiger charge is -2.26. The van der Waals surface area contributed by atoms with Gasteiger partial charge in [0.25, 0.3) is 15.9 Å². The Bertz CT molecular complexity index is 890. The van der Waals surface area contributed by atoms with Crippen LogP contribution in [0.15, 0.2) is 53.4 Å². The van der Waals surface area contributed by atoms with Crippen molar-refractivity contribution in [3.63, 3.8) is 0 Å². The molecule has 1 aliphatic carbocycles. The van der Waals surface area contributed by atoms with Gasteiger partial charge >= 0.3 is 0 Å². The Morgan fingerprint density at radius 3 is 2.15 bits per heavy atom. The summed E-state index contributed by atoms with van der Waals surface area (Å²) in [6.45, 7) is 0. The monoisotopic (exact) mass is 392 g/mol. The van der Waals surface area contributed by atoms with Gasteiger partial charge in [0, 0.05) is 17.3 Å². The molecule has 0 spiro atoms. The summed E-state index contributed by atoms with van der Waals surface area (Å²) in [5, 5.41) is 12.4. The SMILES string of the molecule is O=C(NC1CCC(O)CC1)c1ccc(NS(=O)(=O)c2ccc(F)cc2)cc1. The molecule has 27 heavy (non-hydrogen) atoms. The molecule has 0 atom stereocenters. The summed E-state index contributed by atoms with van der Waals surface area (Å²) in [6, 6.07) is 10.6. The van der Waals surface area contributed by atoms with E-state index in [1.165, 1.54) is 36.4 Å². The molecule has 0 bridgehead atoms. The van der Waals surface area contributed by atoms with E-state index in [0.29, 0.717) is 24.1 Å². The van der Waals surface area contributed by atoms with Gasteiger partial charge < -0.3 is 10.4 Å². The van der Waals surface area contributed by atoms with Gasteiger partial charge in [-0.25, -0.2) is 12.8 Å². The maximum absolute atomic E-state index is 12.9. The fourth-order valence-electron chi connectivity index (χ4n) is 3.01. The number of hydrogen-bond donors (Lipinski definition) is 3. The van der Waals surface area contributed by atoms with Crippen LogP contribution in [0.2, 0.25) is 0 Å². The van der Waals surface area contributed by atoms with Crippen molar-refractivity contribution in [2.75, 3.05) is 4.72 Å². The molecule has 0 radical (unpaired) electrons. The Morgan fingerprint density at radius 2 is 1.56 bits per heavy atom. The molecule has 2 aromatic rings. The fraction of sp³-hybridized carbons (Fsp3) is 0.316. The van der Waals surface area contributed by atoms with Gasteiger partial charge in [-0.3, -0.25) is 9.52 Å². The second-order valence-electron chi connectivity index (χ2n) is 6.62. The molecular formula is C19H21FN2O4S. The summed E-state index contributed by atoms with van der Waals surface area (Å²) in [5.41, 5.74) is 0.725. The van der Waals surface area contributed by atoms with Crippen LogP contribution in [0.25, 0.3) is 0 Å². The van der Waals surface area contributed by atoms with E-state index in [0.717, 1.165) is 25.0 Å². The predicted octanol–water partition coefficient (Wildman–Crippen LogP) is 2.66. The molecule has 1 aliphatic rings. The van der Waals surface area contributed by atoms with Gasteiger partial charge in [-0.2, -0.15) is 0 Å². The third kappa shape index (κ3) is 5.05. The number of aliphatic hydroxyl groups is 1. The number of amides is 1. The maximum Gasteiger partial charge on any atom is 0.261 e. The van der Waals surface area contributed by atoms with Gasteiger partial charge in [0.05, 0.1) is 11.0 Å². The van der Waals surface area contributed by atoms with E-state index in [4.69, 9.17) is 0 Å². The number of rotatable bonds is 5. The van der Waals surface area contributed by atoms with E-state index in [1.54, 1.807) is 0 Å². The van der Waals surface area contributed by atoms with Crippen LogP contribution in [0.4, 0.5) is 10.1 Å². The van der Waals surface area contributed by atoms with E-state index >= 15 is 0 Å². The summed E-state index contributed by atoms with van der Waals surface area (Å²) in [7, 11) is -3.83.